The zero-order chi connectivity index (χ0) is 26.7. The number of benzene rings is 3. The zero-order valence-corrected chi connectivity index (χ0v) is 21.0. The van der Waals surface area contributed by atoms with Crippen LogP contribution in [0.2, 0.25) is 0 Å². The van der Waals surface area contributed by atoms with E-state index in [2.05, 4.69) is 5.32 Å². The molecule has 0 saturated heterocycles. The second kappa shape index (κ2) is 10.7. The molecule has 3 aromatic rings. The van der Waals surface area contributed by atoms with Crippen LogP contribution in [-0.4, -0.2) is 36.7 Å². The van der Waals surface area contributed by atoms with Crippen LogP contribution in [0.4, 0.5) is 11.4 Å². The molecule has 8 heteroatoms. The van der Waals surface area contributed by atoms with Gasteiger partial charge in [0.15, 0.2) is 5.78 Å². The molecular weight excluding hydrogens is 470 g/mol. The van der Waals surface area contributed by atoms with Crippen LogP contribution in [0.25, 0.3) is 11.1 Å². The molecule has 3 amide bonds. The molecule has 8 nitrogen and oxygen atoms in total. The van der Waals surface area contributed by atoms with Gasteiger partial charge < -0.3 is 15.8 Å². The first kappa shape index (κ1) is 25.6. The van der Waals surface area contributed by atoms with E-state index in [0.29, 0.717) is 28.3 Å². The van der Waals surface area contributed by atoms with Crippen LogP contribution in [0.15, 0.2) is 66.7 Å². The molecule has 190 valence electrons. The minimum Gasteiger partial charge on any atom is -0.497 e. The maximum Gasteiger partial charge on any atom is 0.256 e. The molecular formula is C29H29N3O5. The minimum absolute atomic E-state index is 0.0204. The summed E-state index contributed by atoms with van der Waals surface area (Å²) in [7, 11) is 1.54. The summed E-state index contributed by atoms with van der Waals surface area (Å²) in [4.78, 5) is 53.3. The van der Waals surface area contributed by atoms with Gasteiger partial charge in [-0.25, -0.2) is 4.90 Å². The summed E-state index contributed by atoms with van der Waals surface area (Å²) < 4.78 is 5.09. The highest BCUT2D eigenvalue weighted by molar-refractivity contribution is 6.22. The van der Waals surface area contributed by atoms with Crippen LogP contribution in [0.3, 0.4) is 0 Å². The summed E-state index contributed by atoms with van der Waals surface area (Å²) in [5.74, 6) is -1.61. The van der Waals surface area contributed by atoms with Crippen molar-refractivity contribution in [2.75, 3.05) is 17.7 Å². The number of ketones is 1. The van der Waals surface area contributed by atoms with Gasteiger partial charge in [0.25, 0.3) is 5.91 Å². The maximum atomic E-state index is 13.6. The lowest BCUT2D eigenvalue weighted by atomic mass is 9.92. The maximum absolute atomic E-state index is 13.6. The largest absolute Gasteiger partial charge is 0.497 e. The SMILES string of the molecule is COc1ccc(C(=O)CCC(=O)N[C@@H](C)C(=O)N2C(=O)C(C)c3ccccc3-c3c(N)cccc32)cc1. The number of nitrogens with zero attached hydrogens (tertiary/aromatic N) is 1. The first-order valence-electron chi connectivity index (χ1n) is 12.0. The second-order valence-electron chi connectivity index (χ2n) is 9.00. The third kappa shape index (κ3) is 5.09. The van der Waals surface area contributed by atoms with Gasteiger partial charge >= 0.3 is 0 Å². The average Bonchev–Trinajstić information content (AvgIpc) is 3.00. The molecule has 0 saturated carbocycles. The standard InChI is InChI=1S/C29H29N3O5/c1-17-21-7-4-5-8-22(21)27-23(30)9-6-10-24(27)32(28(17)35)29(36)18(2)31-26(34)16-15-25(33)19-11-13-20(37-3)14-12-19/h4-14,17-18H,15-16,30H2,1-3H3,(H,31,34)/t17?,18-/m0/s1. The summed E-state index contributed by atoms with van der Waals surface area (Å²) >= 11 is 0. The third-order valence-corrected chi connectivity index (χ3v) is 6.56. The highest BCUT2D eigenvalue weighted by Gasteiger charge is 2.37. The van der Waals surface area contributed by atoms with Gasteiger partial charge in [0, 0.05) is 29.7 Å². The number of ether oxygens (including phenoxy) is 1. The van der Waals surface area contributed by atoms with Gasteiger partial charge in [-0.05, 0) is 61.4 Å². The number of imide groups is 1. The van der Waals surface area contributed by atoms with Crippen molar-refractivity contribution in [2.45, 2.75) is 38.6 Å². The van der Waals surface area contributed by atoms with Crippen molar-refractivity contribution in [3.63, 3.8) is 0 Å². The number of Topliss-reactive ketones (excluding diaryl/α,β-unsaturated/α-hetero) is 1. The Labute approximate surface area is 215 Å². The molecule has 1 aliphatic rings. The first-order valence-corrected chi connectivity index (χ1v) is 12.0. The fourth-order valence-electron chi connectivity index (χ4n) is 4.53. The van der Waals surface area contributed by atoms with Crippen LogP contribution < -0.4 is 20.7 Å². The number of nitrogens with two attached hydrogens (primary N) is 1. The predicted molar refractivity (Wildman–Crippen MR) is 141 cm³/mol. The third-order valence-electron chi connectivity index (χ3n) is 6.56. The van der Waals surface area contributed by atoms with Crippen LogP contribution in [0.1, 0.15) is 48.5 Å². The van der Waals surface area contributed by atoms with Gasteiger partial charge in [0.1, 0.15) is 11.8 Å². The molecule has 4 rings (SSSR count). The van der Waals surface area contributed by atoms with E-state index in [9.17, 15) is 19.2 Å². The fourth-order valence-corrected chi connectivity index (χ4v) is 4.53. The summed E-state index contributed by atoms with van der Waals surface area (Å²) in [6.07, 6.45) is -0.116. The average molecular weight is 500 g/mol. The Morgan fingerprint density at radius 3 is 2.41 bits per heavy atom. The highest BCUT2D eigenvalue weighted by Crippen LogP contribution is 2.44. The Morgan fingerprint density at radius 1 is 1.00 bits per heavy atom. The van der Waals surface area contributed by atoms with Crippen LogP contribution >= 0.6 is 0 Å². The van der Waals surface area contributed by atoms with Crippen LogP contribution in [0, 0.1) is 0 Å². The molecule has 0 radical (unpaired) electrons. The van der Waals surface area contributed by atoms with Gasteiger partial charge in [-0.2, -0.15) is 0 Å². The fraction of sp³-hybridized carbons (Fsp3) is 0.241. The molecule has 0 bridgehead atoms. The molecule has 2 atom stereocenters. The van der Waals surface area contributed by atoms with E-state index in [1.54, 1.807) is 49.4 Å². The van der Waals surface area contributed by atoms with Crippen LogP contribution in [-0.2, 0) is 14.4 Å². The van der Waals surface area contributed by atoms with Crippen molar-refractivity contribution in [1.82, 2.24) is 5.32 Å². The zero-order valence-electron chi connectivity index (χ0n) is 21.0. The summed E-state index contributed by atoms with van der Waals surface area (Å²) in [6.45, 7) is 3.27. The normalized spacial score (nSPS) is 15.2. The Morgan fingerprint density at radius 2 is 1.70 bits per heavy atom. The lowest BCUT2D eigenvalue weighted by Gasteiger charge is -2.26. The number of nitrogens with one attached hydrogen (secondary N) is 1. The second-order valence-corrected chi connectivity index (χ2v) is 9.00. The molecule has 0 fully saturated rings. The molecule has 3 aromatic carbocycles. The number of amides is 3. The molecule has 37 heavy (non-hydrogen) atoms. The number of nitrogen functional groups attached to an aromatic ring is 1. The molecule has 0 aromatic heterocycles. The van der Waals surface area contributed by atoms with E-state index < -0.39 is 29.7 Å². The first-order chi connectivity index (χ1) is 17.7. The number of rotatable bonds is 7. The van der Waals surface area contributed by atoms with Gasteiger partial charge in [-0.3, -0.25) is 19.2 Å². The van der Waals surface area contributed by atoms with Gasteiger partial charge in [-0.15, -0.1) is 0 Å². The number of methoxy groups -OCH3 is 1. The predicted octanol–water partition coefficient (Wildman–Crippen LogP) is 4.09. The van der Waals surface area contributed by atoms with Crippen molar-refractivity contribution in [3.05, 3.63) is 77.9 Å². The lowest BCUT2D eigenvalue weighted by Crippen LogP contribution is -2.50. The Kier molecular flexibility index (Phi) is 7.38. The number of carbonyl (C=O) groups excluding carboxylic acids is 4. The van der Waals surface area contributed by atoms with Crippen LogP contribution in [0.5, 0.6) is 5.75 Å². The Balaban J connectivity index is 1.50. The lowest BCUT2D eigenvalue weighted by molar-refractivity contribution is -0.131. The molecule has 3 N–H and O–H groups in total. The summed E-state index contributed by atoms with van der Waals surface area (Å²) in [5.41, 5.74) is 9.77. The molecule has 0 spiro atoms. The number of hydrogen-bond acceptors (Lipinski definition) is 6. The topological polar surface area (TPSA) is 119 Å². The van der Waals surface area contributed by atoms with Gasteiger partial charge in [0.2, 0.25) is 11.8 Å². The quantitative estimate of drug-likeness (QED) is 0.373. The molecule has 1 heterocycles. The molecule has 0 aliphatic carbocycles. The number of fused-ring (bicyclic) bond motifs is 3. The minimum atomic E-state index is -1.00. The van der Waals surface area contributed by atoms with E-state index >= 15 is 0 Å². The van der Waals surface area contributed by atoms with Gasteiger partial charge in [-0.1, -0.05) is 30.3 Å². The smallest absolute Gasteiger partial charge is 0.256 e. The van der Waals surface area contributed by atoms with Gasteiger partial charge in [0.05, 0.1) is 18.7 Å². The number of hydrogen-bond donors (Lipinski definition) is 2. The Hall–Kier alpha value is -4.46. The van der Waals surface area contributed by atoms with E-state index in [1.165, 1.54) is 14.0 Å². The van der Waals surface area contributed by atoms with E-state index in [4.69, 9.17) is 10.5 Å². The highest BCUT2D eigenvalue weighted by atomic mass is 16.5. The van der Waals surface area contributed by atoms with Crippen molar-refractivity contribution in [3.8, 4) is 16.9 Å². The molecule has 1 unspecified atom stereocenters. The Bertz CT molecular complexity index is 1370. The number of carbonyl (C=O) groups is 4. The number of anilines is 2. The van der Waals surface area contributed by atoms with Crippen molar-refractivity contribution in [2.24, 2.45) is 0 Å². The van der Waals surface area contributed by atoms with Crippen molar-refractivity contribution in [1.29, 1.82) is 0 Å². The van der Waals surface area contributed by atoms with E-state index in [1.807, 2.05) is 24.3 Å². The van der Waals surface area contributed by atoms with E-state index in [0.717, 1.165) is 16.0 Å². The van der Waals surface area contributed by atoms with E-state index in [-0.39, 0.29) is 18.6 Å². The molecule has 1 aliphatic heterocycles. The summed E-state index contributed by atoms with van der Waals surface area (Å²) in [6, 6.07) is 18.2. The summed E-state index contributed by atoms with van der Waals surface area (Å²) in [5, 5.41) is 2.64. The van der Waals surface area contributed by atoms with Crippen molar-refractivity contribution < 1.29 is 23.9 Å². The van der Waals surface area contributed by atoms with Crippen molar-refractivity contribution >= 4 is 34.9 Å². The monoisotopic (exact) mass is 499 g/mol.